The Hall–Kier alpha value is 0.0799. The lowest BCUT2D eigenvalue weighted by molar-refractivity contribution is -0.142. The van der Waals surface area contributed by atoms with Crippen molar-refractivity contribution in [1.82, 2.24) is 0 Å². The van der Waals surface area contributed by atoms with Crippen LogP contribution in [-0.2, 0) is 23.1 Å². The smallest absolute Gasteiger partial charge is 0.394 e. The van der Waals surface area contributed by atoms with Gasteiger partial charge in [0.25, 0.3) is 0 Å². The van der Waals surface area contributed by atoms with E-state index in [0.29, 0.717) is 0 Å². The van der Waals surface area contributed by atoms with E-state index in [1.165, 1.54) is 13.8 Å². The highest BCUT2D eigenvalue weighted by Crippen LogP contribution is 2.54. The molecule has 2 aliphatic heterocycles. The molecule has 2 aliphatic rings. The van der Waals surface area contributed by atoms with E-state index < -0.39 is 54.9 Å². The molecule has 2 heterocycles. The lowest BCUT2D eigenvalue weighted by Crippen LogP contribution is -2.50. The van der Waals surface area contributed by atoms with Gasteiger partial charge in [-0.3, -0.25) is 9.05 Å². The second-order valence-corrected chi connectivity index (χ2v) is 9.90. The quantitative estimate of drug-likeness (QED) is 0.442. The number of aliphatic hydroxyl groups is 2. The van der Waals surface area contributed by atoms with Crippen molar-refractivity contribution >= 4 is 23.5 Å². The van der Waals surface area contributed by atoms with Crippen molar-refractivity contribution in [3.8, 4) is 0 Å². The van der Waals surface area contributed by atoms with Gasteiger partial charge in [0, 0.05) is 11.0 Å². The minimum absolute atomic E-state index is 0.0749. The normalized spacial score (nSPS) is 51.5. The molecule has 8 nitrogen and oxygen atoms in total. The maximum Gasteiger partial charge on any atom is 0.472 e. The maximum atomic E-state index is 12.5. The van der Waals surface area contributed by atoms with Crippen LogP contribution >= 0.6 is 7.82 Å². The molecule has 0 aromatic heterocycles. The summed E-state index contributed by atoms with van der Waals surface area (Å²) in [6.45, 7) is 6.89. The SMILES string of the molecule is [B]C1(C)C[C@@](C)(OP(=O)(O)OCC2(C)OC([B])(C)C[C@@]2(C)O)C(CO)O1. The summed E-state index contributed by atoms with van der Waals surface area (Å²) in [4.78, 5) is 10.2. The number of phosphoric acid groups is 1. The Kier molecular flexibility index (Phi) is 5.64. The van der Waals surface area contributed by atoms with Crippen LogP contribution in [0.3, 0.4) is 0 Å². The maximum absolute atomic E-state index is 12.5. The standard InChI is InChI=1S/C15H27B2O8P/c1-11(7-14(4,16)23-10(11)6-18)25-26(20,21)22-9-13(3)12(2,19)8-15(5,17)24-13/h10,18-19H,6-9H2,1-5H3,(H,20,21)/t10?,11-,12-,13?,14?,15?/m1/s1. The molecule has 5 unspecified atom stereocenters. The summed E-state index contributed by atoms with van der Waals surface area (Å²) in [5.41, 5.74) is -6.24. The first-order valence-corrected chi connectivity index (χ1v) is 9.92. The van der Waals surface area contributed by atoms with Gasteiger partial charge in [-0.1, -0.05) is 0 Å². The summed E-state index contributed by atoms with van der Waals surface area (Å²) in [6.07, 6.45) is -0.693. The van der Waals surface area contributed by atoms with Gasteiger partial charge in [-0.25, -0.2) is 4.57 Å². The zero-order valence-corrected chi connectivity index (χ0v) is 16.8. The van der Waals surface area contributed by atoms with Gasteiger partial charge < -0.3 is 24.6 Å². The lowest BCUT2D eigenvalue weighted by atomic mass is 9.75. The fourth-order valence-corrected chi connectivity index (χ4v) is 5.01. The number of aliphatic hydroxyl groups excluding tert-OH is 1. The van der Waals surface area contributed by atoms with Crippen LogP contribution in [0.4, 0.5) is 0 Å². The third-order valence-corrected chi connectivity index (χ3v) is 6.18. The number of ether oxygens (including phenoxy) is 2. The Labute approximate surface area is 157 Å². The first-order chi connectivity index (χ1) is 11.5. The third-order valence-electron chi connectivity index (χ3n) is 5.08. The highest BCUT2D eigenvalue weighted by molar-refractivity contribution is 7.47. The average Bonchev–Trinajstić information content (AvgIpc) is 2.71. The molecule has 0 amide bonds. The molecule has 0 aliphatic carbocycles. The summed E-state index contributed by atoms with van der Waals surface area (Å²) < 4.78 is 34.0. The topological polar surface area (TPSA) is 115 Å². The predicted octanol–water partition coefficient (Wildman–Crippen LogP) is 0.359. The van der Waals surface area contributed by atoms with E-state index in [1.54, 1.807) is 20.8 Å². The van der Waals surface area contributed by atoms with Crippen molar-refractivity contribution in [3.05, 3.63) is 0 Å². The number of phosphoric ester groups is 1. The van der Waals surface area contributed by atoms with Gasteiger partial charge in [-0.15, -0.1) is 0 Å². The molecule has 26 heavy (non-hydrogen) atoms. The van der Waals surface area contributed by atoms with Crippen molar-refractivity contribution in [2.24, 2.45) is 0 Å². The minimum atomic E-state index is -4.59. The zero-order chi connectivity index (χ0) is 20.2. The Morgan fingerprint density at radius 3 is 2.19 bits per heavy atom. The minimum Gasteiger partial charge on any atom is -0.394 e. The van der Waals surface area contributed by atoms with E-state index >= 15 is 0 Å². The third kappa shape index (κ3) is 4.55. The van der Waals surface area contributed by atoms with E-state index in [0.717, 1.165) is 0 Å². The molecule has 0 saturated carbocycles. The van der Waals surface area contributed by atoms with Crippen LogP contribution in [0.25, 0.3) is 0 Å². The highest BCUT2D eigenvalue weighted by Gasteiger charge is 2.58. The van der Waals surface area contributed by atoms with Crippen LogP contribution in [-0.4, -0.2) is 77.9 Å². The Balaban J connectivity index is 2.09. The summed E-state index contributed by atoms with van der Waals surface area (Å²) in [5.74, 6) is 0. The van der Waals surface area contributed by atoms with Gasteiger partial charge in [0.05, 0.1) is 18.8 Å². The zero-order valence-electron chi connectivity index (χ0n) is 15.9. The molecule has 146 valence electrons. The van der Waals surface area contributed by atoms with Gasteiger partial charge in [0.15, 0.2) is 0 Å². The molecule has 0 aromatic rings. The van der Waals surface area contributed by atoms with E-state index in [4.69, 9.17) is 34.2 Å². The van der Waals surface area contributed by atoms with Gasteiger partial charge in [-0.05, 0) is 47.5 Å². The first-order valence-electron chi connectivity index (χ1n) is 8.42. The molecule has 2 rings (SSSR count). The molecular weight excluding hydrogens is 361 g/mol. The highest BCUT2D eigenvalue weighted by atomic mass is 31.2. The van der Waals surface area contributed by atoms with Crippen LogP contribution in [0, 0.1) is 0 Å². The summed E-state index contributed by atoms with van der Waals surface area (Å²) in [7, 11) is 7.25. The van der Waals surface area contributed by atoms with Crippen molar-refractivity contribution in [1.29, 1.82) is 0 Å². The molecular formula is C15H27B2O8P. The second-order valence-electron chi connectivity index (χ2n) is 8.52. The predicted molar refractivity (Wildman–Crippen MR) is 94.9 cm³/mol. The molecule has 2 fully saturated rings. The van der Waals surface area contributed by atoms with Crippen molar-refractivity contribution < 1.29 is 38.2 Å². The van der Waals surface area contributed by atoms with Crippen LogP contribution in [0.15, 0.2) is 0 Å². The van der Waals surface area contributed by atoms with Crippen LogP contribution in [0.2, 0.25) is 0 Å². The van der Waals surface area contributed by atoms with Gasteiger partial charge in [-0.2, -0.15) is 0 Å². The van der Waals surface area contributed by atoms with E-state index in [1.807, 2.05) is 0 Å². The van der Waals surface area contributed by atoms with Crippen LogP contribution in [0.1, 0.15) is 47.5 Å². The fraction of sp³-hybridized carbons (Fsp3) is 1.00. The summed E-state index contributed by atoms with van der Waals surface area (Å²) in [5, 5.41) is 20.0. The molecule has 0 bridgehead atoms. The molecule has 0 aromatic carbocycles. The molecule has 11 heteroatoms. The monoisotopic (exact) mass is 388 g/mol. The van der Waals surface area contributed by atoms with E-state index in [9.17, 15) is 19.7 Å². The molecule has 3 N–H and O–H groups in total. The molecule has 7 atom stereocenters. The average molecular weight is 388 g/mol. The van der Waals surface area contributed by atoms with Crippen molar-refractivity contribution in [2.45, 2.75) is 81.4 Å². The van der Waals surface area contributed by atoms with Crippen LogP contribution < -0.4 is 0 Å². The molecule has 0 spiro atoms. The molecule has 2 saturated heterocycles. The first kappa shape index (κ1) is 22.4. The molecule has 4 radical (unpaired) electrons. The largest absolute Gasteiger partial charge is 0.472 e. The Bertz CT molecular complexity index is 598. The number of rotatable bonds is 6. The Morgan fingerprint density at radius 1 is 1.15 bits per heavy atom. The number of hydrogen-bond donors (Lipinski definition) is 3. The second kappa shape index (κ2) is 6.56. The van der Waals surface area contributed by atoms with E-state index in [2.05, 4.69) is 0 Å². The van der Waals surface area contributed by atoms with Gasteiger partial charge in [0.1, 0.15) is 33.0 Å². The van der Waals surface area contributed by atoms with Crippen molar-refractivity contribution in [2.75, 3.05) is 13.2 Å². The van der Waals surface area contributed by atoms with Crippen LogP contribution in [0.5, 0.6) is 0 Å². The fourth-order valence-electron chi connectivity index (χ4n) is 3.83. The summed E-state index contributed by atoms with van der Waals surface area (Å²) in [6, 6.07) is 0. The van der Waals surface area contributed by atoms with Gasteiger partial charge >= 0.3 is 7.82 Å². The lowest BCUT2D eigenvalue weighted by Gasteiger charge is -2.36. The summed E-state index contributed by atoms with van der Waals surface area (Å²) >= 11 is 0. The van der Waals surface area contributed by atoms with Gasteiger partial charge in [0.2, 0.25) is 0 Å². The Morgan fingerprint density at radius 2 is 1.73 bits per heavy atom. The van der Waals surface area contributed by atoms with Crippen molar-refractivity contribution in [3.63, 3.8) is 0 Å². The number of hydrogen-bond acceptors (Lipinski definition) is 7. The van der Waals surface area contributed by atoms with E-state index in [-0.39, 0.29) is 12.8 Å².